The van der Waals surface area contributed by atoms with Gasteiger partial charge in [0.05, 0.1) is 6.20 Å². The van der Waals surface area contributed by atoms with Gasteiger partial charge >= 0.3 is 0 Å². The lowest BCUT2D eigenvalue weighted by atomic mass is 10.3. The first-order valence-corrected chi connectivity index (χ1v) is 5.85. The summed E-state index contributed by atoms with van der Waals surface area (Å²) in [5.74, 6) is 1.39. The molecular weight excluding hydrogens is 224 g/mol. The van der Waals surface area contributed by atoms with Crippen LogP contribution in [-0.2, 0) is 6.42 Å². The SMILES string of the molecule is Cc1cc(N)nc(SCCc2cnoc2)n1. The fraction of sp³-hybridized carbons (Fsp3) is 0.300. The number of aryl methyl sites for hydroxylation is 2. The molecule has 0 radical (unpaired) electrons. The fourth-order valence-corrected chi connectivity index (χ4v) is 2.14. The van der Waals surface area contributed by atoms with Gasteiger partial charge in [0.15, 0.2) is 5.16 Å². The number of hydrogen-bond donors (Lipinski definition) is 1. The van der Waals surface area contributed by atoms with Crippen LogP contribution in [0.4, 0.5) is 5.82 Å². The molecule has 0 aromatic carbocycles. The Morgan fingerprint density at radius 2 is 2.31 bits per heavy atom. The molecule has 0 fully saturated rings. The number of rotatable bonds is 4. The first kappa shape index (κ1) is 10.9. The van der Waals surface area contributed by atoms with E-state index in [9.17, 15) is 0 Å². The van der Waals surface area contributed by atoms with Gasteiger partial charge in [-0.05, 0) is 13.3 Å². The average molecular weight is 236 g/mol. The largest absolute Gasteiger partial charge is 0.384 e. The molecule has 2 N–H and O–H groups in total. The van der Waals surface area contributed by atoms with Gasteiger partial charge in [-0.3, -0.25) is 0 Å². The van der Waals surface area contributed by atoms with E-state index in [-0.39, 0.29) is 0 Å². The molecule has 84 valence electrons. The maximum Gasteiger partial charge on any atom is 0.189 e. The Morgan fingerprint density at radius 3 is 3.00 bits per heavy atom. The number of nitrogen functional groups attached to an aromatic ring is 1. The maximum absolute atomic E-state index is 5.64. The van der Waals surface area contributed by atoms with Crippen molar-refractivity contribution in [1.29, 1.82) is 0 Å². The molecule has 6 heteroatoms. The lowest BCUT2D eigenvalue weighted by Gasteiger charge is -2.01. The standard InChI is InChI=1S/C10H12N4OS/c1-7-4-9(11)14-10(13-7)16-3-2-8-5-12-15-6-8/h4-6H,2-3H2,1H3,(H2,11,13,14). The summed E-state index contributed by atoms with van der Waals surface area (Å²) in [6.07, 6.45) is 4.24. The summed E-state index contributed by atoms with van der Waals surface area (Å²) in [7, 11) is 0. The first-order chi connectivity index (χ1) is 7.74. The highest BCUT2D eigenvalue weighted by Gasteiger charge is 2.02. The quantitative estimate of drug-likeness (QED) is 0.643. The summed E-state index contributed by atoms with van der Waals surface area (Å²) >= 11 is 1.58. The maximum atomic E-state index is 5.64. The van der Waals surface area contributed by atoms with E-state index >= 15 is 0 Å². The molecule has 0 aliphatic heterocycles. The van der Waals surface area contributed by atoms with Gasteiger partial charge in [-0.15, -0.1) is 0 Å². The van der Waals surface area contributed by atoms with Crippen molar-refractivity contribution < 1.29 is 4.52 Å². The molecule has 2 aromatic heterocycles. The molecule has 2 aromatic rings. The van der Waals surface area contributed by atoms with Crippen molar-refractivity contribution in [3.63, 3.8) is 0 Å². The highest BCUT2D eigenvalue weighted by molar-refractivity contribution is 7.99. The number of aromatic nitrogens is 3. The van der Waals surface area contributed by atoms with Crippen LogP contribution in [0.1, 0.15) is 11.3 Å². The van der Waals surface area contributed by atoms with Crippen molar-refractivity contribution in [3.8, 4) is 0 Å². The second-order valence-electron chi connectivity index (χ2n) is 3.35. The van der Waals surface area contributed by atoms with Crippen LogP contribution in [0.15, 0.2) is 28.2 Å². The number of hydrogen-bond acceptors (Lipinski definition) is 6. The first-order valence-electron chi connectivity index (χ1n) is 4.86. The Labute approximate surface area is 97.5 Å². The molecule has 0 bridgehead atoms. The third-order valence-corrected chi connectivity index (χ3v) is 2.81. The van der Waals surface area contributed by atoms with Crippen LogP contribution in [0.2, 0.25) is 0 Å². The van der Waals surface area contributed by atoms with Crippen LogP contribution in [0, 0.1) is 6.92 Å². The molecule has 0 amide bonds. The van der Waals surface area contributed by atoms with Crippen molar-refractivity contribution in [2.75, 3.05) is 11.5 Å². The van der Waals surface area contributed by atoms with Crippen LogP contribution in [-0.4, -0.2) is 20.9 Å². The molecular formula is C10H12N4OS. The summed E-state index contributed by atoms with van der Waals surface area (Å²) in [5, 5.41) is 4.36. The zero-order valence-corrected chi connectivity index (χ0v) is 9.70. The molecule has 0 aliphatic rings. The van der Waals surface area contributed by atoms with Gasteiger partial charge in [0.1, 0.15) is 12.1 Å². The predicted molar refractivity (Wildman–Crippen MR) is 62.1 cm³/mol. The highest BCUT2D eigenvalue weighted by Crippen LogP contribution is 2.16. The van der Waals surface area contributed by atoms with E-state index in [2.05, 4.69) is 15.1 Å². The summed E-state index contributed by atoms with van der Waals surface area (Å²) in [6, 6.07) is 1.75. The lowest BCUT2D eigenvalue weighted by molar-refractivity contribution is 0.419. The minimum atomic E-state index is 0.514. The van der Waals surface area contributed by atoms with Crippen LogP contribution in [0.25, 0.3) is 0 Å². The van der Waals surface area contributed by atoms with Crippen molar-refractivity contribution in [2.24, 2.45) is 0 Å². The van der Waals surface area contributed by atoms with Crippen LogP contribution < -0.4 is 5.73 Å². The van der Waals surface area contributed by atoms with Crippen LogP contribution >= 0.6 is 11.8 Å². The van der Waals surface area contributed by atoms with Crippen molar-refractivity contribution in [2.45, 2.75) is 18.5 Å². The van der Waals surface area contributed by atoms with E-state index in [0.29, 0.717) is 11.0 Å². The molecule has 2 heterocycles. The van der Waals surface area contributed by atoms with Crippen LogP contribution in [0.3, 0.4) is 0 Å². The van der Waals surface area contributed by atoms with Crippen LogP contribution in [0.5, 0.6) is 0 Å². The molecule has 5 nitrogen and oxygen atoms in total. The van der Waals surface area contributed by atoms with E-state index in [0.717, 1.165) is 23.4 Å². The monoisotopic (exact) mass is 236 g/mol. The third-order valence-electron chi connectivity index (χ3n) is 1.96. The lowest BCUT2D eigenvalue weighted by Crippen LogP contribution is -1.97. The number of nitrogens with two attached hydrogens (primary N) is 1. The average Bonchev–Trinajstić information content (AvgIpc) is 2.69. The smallest absolute Gasteiger partial charge is 0.189 e. The minimum Gasteiger partial charge on any atom is -0.384 e. The van der Waals surface area contributed by atoms with Gasteiger partial charge in [0.2, 0.25) is 0 Å². The summed E-state index contributed by atoms with van der Waals surface area (Å²) in [5.41, 5.74) is 7.60. The van der Waals surface area contributed by atoms with Crippen molar-refractivity contribution in [1.82, 2.24) is 15.1 Å². The fourth-order valence-electron chi connectivity index (χ4n) is 1.24. The molecule has 2 rings (SSSR count). The van der Waals surface area contributed by atoms with Gasteiger partial charge < -0.3 is 10.3 Å². The van der Waals surface area contributed by atoms with E-state index < -0.39 is 0 Å². The van der Waals surface area contributed by atoms with Gasteiger partial charge in [-0.25, -0.2) is 9.97 Å². The van der Waals surface area contributed by atoms with Gasteiger partial charge in [0.25, 0.3) is 0 Å². The molecule has 0 atom stereocenters. The normalized spacial score (nSPS) is 10.6. The van der Waals surface area contributed by atoms with E-state index in [1.165, 1.54) is 0 Å². The Balaban J connectivity index is 1.89. The molecule has 0 saturated heterocycles. The molecule has 16 heavy (non-hydrogen) atoms. The number of nitrogens with zero attached hydrogens (tertiary/aromatic N) is 3. The van der Waals surface area contributed by atoms with E-state index in [4.69, 9.17) is 10.3 Å². The summed E-state index contributed by atoms with van der Waals surface area (Å²) in [6.45, 7) is 1.90. The summed E-state index contributed by atoms with van der Waals surface area (Å²) in [4.78, 5) is 8.43. The van der Waals surface area contributed by atoms with Gasteiger partial charge in [-0.1, -0.05) is 16.9 Å². The van der Waals surface area contributed by atoms with Crippen molar-refractivity contribution >= 4 is 17.6 Å². The highest BCUT2D eigenvalue weighted by atomic mass is 32.2. The zero-order chi connectivity index (χ0) is 11.4. The second-order valence-corrected chi connectivity index (χ2v) is 4.41. The van der Waals surface area contributed by atoms with Gasteiger partial charge in [-0.2, -0.15) is 0 Å². The Kier molecular flexibility index (Phi) is 3.40. The zero-order valence-electron chi connectivity index (χ0n) is 8.88. The third kappa shape index (κ3) is 2.96. The van der Waals surface area contributed by atoms with Gasteiger partial charge in [0, 0.05) is 23.1 Å². The Morgan fingerprint density at radius 1 is 1.44 bits per heavy atom. The molecule has 0 spiro atoms. The molecule has 0 saturated carbocycles. The minimum absolute atomic E-state index is 0.514. The topological polar surface area (TPSA) is 77.8 Å². The number of anilines is 1. The molecule has 0 unspecified atom stereocenters. The second kappa shape index (κ2) is 4.98. The Bertz CT molecular complexity index is 438. The predicted octanol–water partition coefficient (Wildman–Crippen LogP) is 1.69. The van der Waals surface area contributed by atoms with E-state index in [1.54, 1.807) is 30.3 Å². The Hall–Kier alpha value is -1.56. The summed E-state index contributed by atoms with van der Waals surface area (Å²) < 4.78 is 4.74. The van der Waals surface area contributed by atoms with Crippen molar-refractivity contribution in [3.05, 3.63) is 29.8 Å². The number of thioether (sulfide) groups is 1. The van der Waals surface area contributed by atoms with E-state index in [1.807, 2.05) is 6.92 Å². The molecule has 0 aliphatic carbocycles.